The number of rotatable bonds is 16. The Kier molecular flexibility index (Phi) is 18.6. The van der Waals surface area contributed by atoms with E-state index in [1.807, 2.05) is 96.1 Å². The van der Waals surface area contributed by atoms with Crippen molar-refractivity contribution in [3.63, 3.8) is 0 Å². The Balaban J connectivity index is 1.86. The maximum atomic E-state index is 14.0. The molecular weight excluding hydrogens is 700 g/mol. The second-order valence-electron chi connectivity index (χ2n) is 15.5. The zero-order valence-electron chi connectivity index (χ0n) is 33.7. The second kappa shape index (κ2) is 22.8. The van der Waals surface area contributed by atoms with E-state index in [-0.39, 0.29) is 54.9 Å². The van der Waals surface area contributed by atoms with Crippen molar-refractivity contribution in [1.82, 2.24) is 31.9 Å². The fraction of sp³-hybridized carbons (Fsp3) is 0.595. The van der Waals surface area contributed by atoms with Gasteiger partial charge in [-0.25, -0.2) is 0 Å². The summed E-state index contributed by atoms with van der Waals surface area (Å²) >= 11 is 0. The maximum Gasteiger partial charge on any atom is 0.243 e. The highest BCUT2D eigenvalue weighted by molar-refractivity contribution is 5.92. The number of hydrogen-bond acceptors (Lipinski definition) is 8. The van der Waals surface area contributed by atoms with Gasteiger partial charge in [0.1, 0.15) is 23.9 Å². The fourth-order valence-electron chi connectivity index (χ4n) is 6.48. The molecule has 5 amide bonds. The highest BCUT2D eigenvalue weighted by atomic mass is 16.5. The third-order valence-corrected chi connectivity index (χ3v) is 9.92. The molecule has 0 fully saturated rings. The number of nitrogens with one attached hydrogen (secondary N) is 6. The number of carbonyl (C=O) groups is 5. The minimum absolute atomic E-state index is 0.0744. The third kappa shape index (κ3) is 15.3. The summed E-state index contributed by atoms with van der Waals surface area (Å²) in [7, 11) is 0. The normalized spacial score (nSPS) is 19.6. The van der Waals surface area contributed by atoms with Gasteiger partial charge in [0.15, 0.2) is 0 Å². The molecule has 304 valence electrons. The van der Waals surface area contributed by atoms with Crippen molar-refractivity contribution in [1.29, 1.82) is 0 Å². The van der Waals surface area contributed by atoms with Gasteiger partial charge in [-0.05, 0) is 73.1 Å². The number of hydrogen-bond donors (Lipinski definition) is 7. The average molecular weight is 765 g/mol. The number of fused-ring (bicyclic) bond motifs is 13. The maximum absolute atomic E-state index is 14.0. The van der Waals surface area contributed by atoms with Gasteiger partial charge < -0.3 is 41.7 Å². The van der Waals surface area contributed by atoms with Gasteiger partial charge in [0.25, 0.3) is 0 Å². The monoisotopic (exact) mass is 764 g/mol. The Labute approximate surface area is 326 Å². The van der Waals surface area contributed by atoms with Crippen LogP contribution in [0.2, 0.25) is 0 Å². The molecule has 0 saturated carbocycles. The lowest BCUT2D eigenvalue weighted by molar-refractivity contribution is -0.133. The Hall–Kier alpha value is -4.49. The molecule has 0 aliphatic carbocycles. The van der Waals surface area contributed by atoms with Crippen LogP contribution in [0.15, 0.2) is 54.6 Å². The Morgan fingerprint density at radius 1 is 0.891 bits per heavy atom. The van der Waals surface area contributed by atoms with Crippen molar-refractivity contribution in [2.45, 2.75) is 123 Å². The molecule has 2 aromatic rings. The predicted molar refractivity (Wildman–Crippen MR) is 213 cm³/mol. The summed E-state index contributed by atoms with van der Waals surface area (Å²) < 4.78 is 5.88. The molecule has 7 N–H and O–H groups in total. The highest BCUT2D eigenvalue weighted by Gasteiger charge is 2.33. The van der Waals surface area contributed by atoms with E-state index in [1.54, 1.807) is 0 Å². The second-order valence-corrected chi connectivity index (χ2v) is 15.5. The third-order valence-electron chi connectivity index (χ3n) is 9.92. The van der Waals surface area contributed by atoms with E-state index in [0.29, 0.717) is 31.7 Å². The van der Waals surface area contributed by atoms with E-state index < -0.39 is 48.1 Å². The predicted octanol–water partition coefficient (Wildman–Crippen LogP) is 2.79. The molecule has 0 saturated heterocycles. The Morgan fingerprint density at radius 2 is 1.58 bits per heavy atom. The number of aliphatic hydroxyl groups excluding tert-OH is 1. The molecule has 2 bridgehead atoms. The lowest BCUT2D eigenvalue weighted by Crippen LogP contribution is -2.60. The van der Waals surface area contributed by atoms with Gasteiger partial charge in [0.2, 0.25) is 29.5 Å². The summed E-state index contributed by atoms with van der Waals surface area (Å²) in [6.45, 7) is 13.7. The molecule has 1 unspecified atom stereocenters. The summed E-state index contributed by atoms with van der Waals surface area (Å²) in [5.74, 6) is -1.55. The van der Waals surface area contributed by atoms with Gasteiger partial charge in [-0.1, -0.05) is 90.4 Å². The lowest BCUT2D eigenvalue weighted by atomic mass is 9.96. The zero-order chi connectivity index (χ0) is 40.5. The van der Waals surface area contributed by atoms with Crippen molar-refractivity contribution < 1.29 is 33.8 Å². The molecule has 0 radical (unpaired) electrons. The largest absolute Gasteiger partial charge is 0.494 e. The van der Waals surface area contributed by atoms with Gasteiger partial charge >= 0.3 is 0 Å². The van der Waals surface area contributed by atoms with E-state index in [9.17, 15) is 29.1 Å². The van der Waals surface area contributed by atoms with E-state index >= 15 is 0 Å². The van der Waals surface area contributed by atoms with Crippen LogP contribution in [-0.4, -0.2) is 90.7 Å². The van der Waals surface area contributed by atoms with Gasteiger partial charge in [0.05, 0.1) is 24.8 Å². The molecule has 55 heavy (non-hydrogen) atoms. The molecule has 13 nitrogen and oxygen atoms in total. The number of amides is 5. The van der Waals surface area contributed by atoms with Crippen molar-refractivity contribution in [3.05, 3.63) is 65.7 Å². The Morgan fingerprint density at radius 3 is 2.20 bits per heavy atom. The van der Waals surface area contributed by atoms with Crippen LogP contribution in [0, 0.1) is 17.8 Å². The summed E-state index contributed by atoms with van der Waals surface area (Å²) in [5, 5.41) is 29.5. The van der Waals surface area contributed by atoms with Gasteiger partial charge in [-0.15, -0.1) is 0 Å². The lowest BCUT2D eigenvalue weighted by Gasteiger charge is -2.31. The van der Waals surface area contributed by atoms with E-state index in [4.69, 9.17) is 4.74 Å². The van der Waals surface area contributed by atoms with Crippen LogP contribution in [0.4, 0.5) is 0 Å². The average Bonchev–Trinajstić information content (AvgIpc) is 3.14. The van der Waals surface area contributed by atoms with Crippen molar-refractivity contribution in [3.8, 4) is 5.75 Å². The van der Waals surface area contributed by atoms with Crippen LogP contribution in [0.25, 0.3) is 0 Å². The van der Waals surface area contributed by atoms with E-state index in [2.05, 4.69) is 31.9 Å². The standard InChI is InChI=1S/C42H64N6O7/c1-8-28(6)38-41(53)43-20-12-13-21-55-32-18-16-31(17-19-32)24-34(39(51)48-38)44-25-36(50)33(23-30-14-10-9-11-15-30)46-42(54)37(27(4)5)47-40(52)35(22-26(2)3)45-29(7)49/h9-11,14-19,26-28,33-38,44,50H,8,12-13,20-25H2,1-7H3,(H,43,53)(H,45,49)(H,46,54)(H,47,52)(H,48,51)/t28?,33-,34-,35+,36+,37+,38-/m0/s1. The quantitative estimate of drug-likeness (QED) is 0.136. The van der Waals surface area contributed by atoms with Crippen molar-refractivity contribution in [2.24, 2.45) is 17.8 Å². The summed E-state index contributed by atoms with van der Waals surface area (Å²) in [4.78, 5) is 66.5. The van der Waals surface area contributed by atoms with Crippen molar-refractivity contribution in [2.75, 3.05) is 19.7 Å². The van der Waals surface area contributed by atoms with E-state index in [1.165, 1.54) is 6.92 Å². The summed E-state index contributed by atoms with van der Waals surface area (Å²) in [6, 6.07) is 12.8. The Bertz CT molecular complexity index is 1520. The van der Waals surface area contributed by atoms with Gasteiger partial charge in [-0.3, -0.25) is 24.0 Å². The smallest absolute Gasteiger partial charge is 0.243 e. The van der Waals surface area contributed by atoms with Crippen LogP contribution >= 0.6 is 0 Å². The van der Waals surface area contributed by atoms with Crippen LogP contribution in [0.3, 0.4) is 0 Å². The number of benzene rings is 2. The molecule has 7 atom stereocenters. The minimum atomic E-state index is -1.17. The number of aliphatic hydroxyl groups is 1. The zero-order valence-corrected chi connectivity index (χ0v) is 33.7. The fourth-order valence-corrected chi connectivity index (χ4v) is 6.48. The van der Waals surface area contributed by atoms with Crippen LogP contribution in [-0.2, 0) is 36.8 Å². The first-order chi connectivity index (χ1) is 26.2. The summed E-state index contributed by atoms with van der Waals surface area (Å²) in [6.07, 6.45) is 1.93. The molecule has 13 heteroatoms. The van der Waals surface area contributed by atoms with Crippen LogP contribution in [0.5, 0.6) is 5.75 Å². The SMILES string of the molecule is CCC(C)[C@@H]1NC(=O)[C@@H](NC[C@@H](O)[C@H](Cc2ccccc2)NC(=O)[C@H](NC(=O)[C@@H](CC(C)C)NC(C)=O)C(C)C)Cc2ccc(cc2)OCCCCNC1=O. The molecule has 2 heterocycles. The topological polar surface area (TPSA) is 187 Å². The molecule has 0 aromatic heterocycles. The molecular formula is C42H64N6O7. The highest BCUT2D eigenvalue weighted by Crippen LogP contribution is 2.17. The first-order valence-corrected chi connectivity index (χ1v) is 19.8. The van der Waals surface area contributed by atoms with Crippen LogP contribution in [0.1, 0.15) is 85.3 Å². The van der Waals surface area contributed by atoms with Gasteiger partial charge in [0, 0.05) is 20.0 Å². The molecule has 2 aliphatic rings. The van der Waals surface area contributed by atoms with Crippen molar-refractivity contribution >= 4 is 29.5 Å². The number of ether oxygens (including phenoxy) is 1. The number of carbonyl (C=O) groups excluding carboxylic acids is 5. The van der Waals surface area contributed by atoms with Gasteiger partial charge in [-0.2, -0.15) is 0 Å². The first-order valence-electron chi connectivity index (χ1n) is 19.8. The molecule has 4 rings (SSSR count). The molecule has 0 spiro atoms. The summed E-state index contributed by atoms with van der Waals surface area (Å²) in [5.41, 5.74) is 1.72. The molecule has 2 aromatic carbocycles. The van der Waals surface area contributed by atoms with E-state index in [0.717, 1.165) is 24.0 Å². The van der Waals surface area contributed by atoms with Crippen LogP contribution < -0.4 is 36.6 Å². The molecule has 2 aliphatic heterocycles. The minimum Gasteiger partial charge on any atom is -0.494 e. The first kappa shape index (κ1) is 44.9.